The molecule has 7 heteroatoms. The van der Waals surface area contributed by atoms with Crippen LogP contribution >= 0.6 is 23.4 Å². The highest BCUT2D eigenvalue weighted by atomic mass is 35.5. The molecule has 0 atom stereocenters. The van der Waals surface area contributed by atoms with Crippen molar-refractivity contribution < 1.29 is 14.5 Å². The quantitative estimate of drug-likeness (QED) is 0.362. The standard InChI is InChI=1S/C9H8ClNO4S/c1-15-9(12)5-3-6(11(13)14)8(10)7(4-5)16-2/h3-4H,1-2H3. The van der Waals surface area contributed by atoms with Gasteiger partial charge in [-0.1, -0.05) is 11.6 Å². The molecule has 16 heavy (non-hydrogen) atoms. The number of nitro groups is 1. The normalized spacial score (nSPS) is 9.94. The molecule has 1 rings (SSSR count). The van der Waals surface area contributed by atoms with Crippen LogP contribution in [-0.4, -0.2) is 24.3 Å². The molecule has 0 spiro atoms. The van der Waals surface area contributed by atoms with Crippen LogP contribution in [0.15, 0.2) is 17.0 Å². The average Bonchev–Trinajstić information content (AvgIpc) is 2.27. The van der Waals surface area contributed by atoms with Crippen molar-refractivity contribution in [3.63, 3.8) is 0 Å². The Balaban J connectivity index is 3.40. The van der Waals surface area contributed by atoms with E-state index in [1.165, 1.54) is 24.9 Å². The van der Waals surface area contributed by atoms with Crippen molar-refractivity contribution in [1.82, 2.24) is 0 Å². The highest BCUT2D eigenvalue weighted by Crippen LogP contribution is 2.35. The van der Waals surface area contributed by atoms with Gasteiger partial charge in [0.1, 0.15) is 5.02 Å². The molecule has 5 nitrogen and oxygen atoms in total. The monoisotopic (exact) mass is 261 g/mol. The lowest BCUT2D eigenvalue weighted by Gasteiger charge is -2.05. The number of carbonyl (C=O) groups is 1. The molecule has 0 amide bonds. The molecule has 0 aliphatic heterocycles. The summed E-state index contributed by atoms with van der Waals surface area (Å²) in [6.07, 6.45) is 1.71. The number of rotatable bonds is 3. The predicted octanol–water partition coefficient (Wildman–Crippen LogP) is 2.76. The Kier molecular flexibility index (Phi) is 4.14. The number of carbonyl (C=O) groups excluding carboxylic acids is 1. The maximum Gasteiger partial charge on any atom is 0.338 e. The number of halogens is 1. The minimum Gasteiger partial charge on any atom is -0.465 e. The van der Waals surface area contributed by atoms with Crippen LogP contribution in [0.5, 0.6) is 0 Å². The third-order valence-electron chi connectivity index (χ3n) is 1.86. The number of nitro benzene ring substituents is 1. The van der Waals surface area contributed by atoms with Gasteiger partial charge in [-0.05, 0) is 12.3 Å². The lowest BCUT2D eigenvalue weighted by molar-refractivity contribution is -0.384. The number of esters is 1. The number of nitrogens with zero attached hydrogens (tertiary/aromatic N) is 1. The first-order chi connectivity index (χ1) is 7.51. The fourth-order valence-corrected chi connectivity index (χ4v) is 2.04. The fourth-order valence-electron chi connectivity index (χ4n) is 1.10. The molecular formula is C9H8ClNO4S. The number of hydrogen-bond donors (Lipinski definition) is 0. The largest absolute Gasteiger partial charge is 0.465 e. The zero-order valence-corrected chi connectivity index (χ0v) is 10.1. The summed E-state index contributed by atoms with van der Waals surface area (Å²) in [7, 11) is 1.21. The third-order valence-corrected chi connectivity index (χ3v) is 3.13. The van der Waals surface area contributed by atoms with E-state index in [0.29, 0.717) is 4.90 Å². The summed E-state index contributed by atoms with van der Waals surface area (Å²) in [6, 6.07) is 2.57. The molecule has 0 unspecified atom stereocenters. The van der Waals surface area contributed by atoms with Crippen molar-refractivity contribution in [2.24, 2.45) is 0 Å². The van der Waals surface area contributed by atoms with Gasteiger partial charge in [0.15, 0.2) is 0 Å². The number of ether oxygens (including phenoxy) is 1. The first-order valence-electron chi connectivity index (χ1n) is 4.11. The summed E-state index contributed by atoms with van der Waals surface area (Å²) >= 11 is 7.03. The Morgan fingerprint density at radius 2 is 2.19 bits per heavy atom. The highest BCUT2D eigenvalue weighted by Gasteiger charge is 2.20. The maximum atomic E-state index is 11.3. The third kappa shape index (κ3) is 2.45. The van der Waals surface area contributed by atoms with E-state index in [4.69, 9.17) is 11.6 Å². The van der Waals surface area contributed by atoms with E-state index in [1.54, 1.807) is 6.26 Å². The topological polar surface area (TPSA) is 69.4 Å². The molecule has 0 saturated carbocycles. The van der Waals surface area contributed by atoms with Crippen molar-refractivity contribution in [3.8, 4) is 0 Å². The van der Waals surface area contributed by atoms with Crippen molar-refractivity contribution >= 4 is 35.0 Å². The first kappa shape index (κ1) is 12.8. The van der Waals surface area contributed by atoms with Gasteiger partial charge in [0.05, 0.1) is 17.6 Å². The van der Waals surface area contributed by atoms with Gasteiger partial charge in [-0.15, -0.1) is 11.8 Å². The Labute approximate surface area is 101 Å². The summed E-state index contributed by atoms with van der Waals surface area (Å²) in [6.45, 7) is 0. The average molecular weight is 262 g/mol. The molecule has 86 valence electrons. The maximum absolute atomic E-state index is 11.3. The van der Waals surface area contributed by atoms with Crippen LogP contribution in [0.3, 0.4) is 0 Å². The lowest BCUT2D eigenvalue weighted by Crippen LogP contribution is -2.03. The number of benzene rings is 1. The molecule has 1 aromatic rings. The Morgan fingerprint density at radius 1 is 1.56 bits per heavy atom. The lowest BCUT2D eigenvalue weighted by atomic mass is 10.2. The molecule has 0 bridgehead atoms. The van der Waals surface area contributed by atoms with Crippen LogP contribution in [0, 0.1) is 10.1 Å². The zero-order chi connectivity index (χ0) is 12.3. The van der Waals surface area contributed by atoms with Crippen LogP contribution in [0.1, 0.15) is 10.4 Å². The second-order valence-electron chi connectivity index (χ2n) is 2.76. The van der Waals surface area contributed by atoms with Crippen LogP contribution in [0.4, 0.5) is 5.69 Å². The van der Waals surface area contributed by atoms with E-state index < -0.39 is 10.9 Å². The van der Waals surface area contributed by atoms with Crippen LogP contribution in [0.25, 0.3) is 0 Å². The first-order valence-corrected chi connectivity index (χ1v) is 5.71. The van der Waals surface area contributed by atoms with Gasteiger partial charge in [0, 0.05) is 11.0 Å². The van der Waals surface area contributed by atoms with Crippen molar-refractivity contribution in [3.05, 3.63) is 32.8 Å². The summed E-state index contributed by atoms with van der Waals surface area (Å²) < 4.78 is 4.50. The van der Waals surface area contributed by atoms with Crippen molar-refractivity contribution in [2.75, 3.05) is 13.4 Å². The van der Waals surface area contributed by atoms with Gasteiger partial charge in [-0.2, -0.15) is 0 Å². The van der Waals surface area contributed by atoms with Crippen molar-refractivity contribution in [2.45, 2.75) is 4.90 Å². The highest BCUT2D eigenvalue weighted by molar-refractivity contribution is 7.98. The molecule has 0 fully saturated rings. The minimum absolute atomic E-state index is 0.0325. The summed E-state index contributed by atoms with van der Waals surface area (Å²) in [5, 5.41) is 10.7. The molecule has 0 aromatic heterocycles. The van der Waals surface area contributed by atoms with Crippen LogP contribution in [0.2, 0.25) is 5.02 Å². The summed E-state index contributed by atoms with van der Waals surface area (Å²) in [5.41, 5.74) is -0.183. The van der Waals surface area contributed by atoms with Crippen molar-refractivity contribution in [1.29, 1.82) is 0 Å². The van der Waals surface area contributed by atoms with E-state index >= 15 is 0 Å². The van der Waals surface area contributed by atoms with E-state index in [9.17, 15) is 14.9 Å². The molecular weight excluding hydrogens is 254 g/mol. The van der Waals surface area contributed by atoms with E-state index in [2.05, 4.69) is 4.74 Å². The molecule has 1 aromatic carbocycles. The van der Waals surface area contributed by atoms with Crippen LogP contribution in [-0.2, 0) is 4.74 Å². The van der Waals surface area contributed by atoms with E-state index in [1.807, 2.05) is 0 Å². The fraction of sp³-hybridized carbons (Fsp3) is 0.222. The molecule has 0 saturated heterocycles. The minimum atomic E-state index is -0.630. The Morgan fingerprint density at radius 3 is 2.62 bits per heavy atom. The Hall–Kier alpha value is -1.27. The van der Waals surface area contributed by atoms with E-state index in [-0.39, 0.29) is 16.3 Å². The SMILES string of the molecule is COC(=O)c1cc(SC)c(Cl)c([N+](=O)[O-])c1. The second-order valence-corrected chi connectivity index (χ2v) is 3.99. The molecule has 0 radical (unpaired) electrons. The van der Waals surface area contributed by atoms with Gasteiger partial charge in [-0.3, -0.25) is 10.1 Å². The smallest absolute Gasteiger partial charge is 0.338 e. The van der Waals surface area contributed by atoms with Gasteiger partial charge in [0.25, 0.3) is 5.69 Å². The molecule has 0 heterocycles. The van der Waals surface area contributed by atoms with Gasteiger partial charge in [-0.25, -0.2) is 4.79 Å². The van der Waals surface area contributed by atoms with E-state index in [0.717, 1.165) is 6.07 Å². The second kappa shape index (κ2) is 5.18. The number of thioether (sulfide) groups is 1. The summed E-state index contributed by atoms with van der Waals surface area (Å²) in [5.74, 6) is -0.630. The molecule has 0 aliphatic rings. The van der Waals surface area contributed by atoms with Gasteiger partial charge >= 0.3 is 5.97 Å². The Bertz CT molecular complexity index is 449. The predicted molar refractivity (Wildman–Crippen MR) is 61.2 cm³/mol. The number of methoxy groups -OCH3 is 1. The zero-order valence-electron chi connectivity index (χ0n) is 8.52. The van der Waals surface area contributed by atoms with Crippen LogP contribution < -0.4 is 0 Å². The van der Waals surface area contributed by atoms with Gasteiger partial charge < -0.3 is 4.74 Å². The van der Waals surface area contributed by atoms with Gasteiger partial charge in [0.2, 0.25) is 0 Å². The summed E-state index contributed by atoms with van der Waals surface area (Å²) in [4.78, 5) is 21.8. The number of hydrogen-bond acceptors (Lipinski definition) is 5. The molecule has 0 aliphatic carbocycles. The molecule has 0 N–H and O–H groups in total.